The zero-order valence-electron chi connectivity index (χ0n) is 12.4. The molecule has 0 saturated heterocycles. The van der Waals surface area contributed by atoms with Gasteiger partial charge in [0.2, 0.25) is 0 Å². The Labute approximate surface area is 129 Å². The molecule has 3 rings (SSSR count). The van der Waals surface area contributed by atoms with Crippen molar-refractivity contribution in [3.05, 3.63) is 65.2 Å². The Morgan fingerprint density at radius 2 is 1.91 bits per heavy atom. The molecule has 22 heavy (non-hydrogen) atoms. The molecule has 1 N–H and O–H groups in total. The topological polar surface area (TPSA) is 55.8 Å². The Morgan fingerprint density at radius 1 is 1.18 bits per heavy atom. The van der Waals surface area contributed by atoms with Gasteiger partial charge in [-0.1, -0.05) is 30.3 Å². The molecular weight excluding hydrogens is 280 g/mol. The van der Waals surface area contributed by atoms with Gasteiger partial charge in [0.25, 0.3) is 0 Å². The lowest BCUT2D eigenvalue weighted by atomic mass is 9.97. The number of carbonyl (C=O) groups is 1. The van der Waals surface area contributed by atoms with Gasteiger partial charge in [-0.2, -0.15) is 0 Å². The first-order chi connectivity index (χ1) is 10.7. The molecular formula is C18H18O4. The number of esters is 1. The molecule has 0 saturated carbocycles. The zero-order valence-corrected chi connectivity index (χ0v) is 12.4. The van der Waals surface area contributed by atoms with E-state index in [2.05, 4.69) is 0 Å². The normalized spacial score (nSPS) is 17.7. The van der Waals surface area contributed by atoms with E-state index in [9.17, 15) is 9.90 Å². The van der Waals surface area contributed by atoms with Gasteiger partial charge in [0.05, 0.1) is 18.8 Å². The van der Waals surface area contributed by atoms with Crippen molar-refractivity contribution in [1.82, 2.24) is 0 Å². The number of hydrogen-bond donors (Lipinski definition) is 1. The molecule has 2 unspecified atom stereocenters. The number of methoxy groups -OCH3 is 1. The third-order valence-electron chi connectivity index (χ3n) is 3.96. The summed E-state index contributed by atoms with van der Waals surface area (Å²) >= 11 is 0. The maximum absolute atomic E-state index is 11.8. The van der Waals surface area contributed by atoms with Gasteiger partial charge in [0.1, 0.15) is 5.75 Å². The number of hydrogen-bond acceptors (Lipinski definition) is 4. The van der Waals surface area contributed by atoms with E-state index in [1.807, 2.05) is 36.4 Å². The van der Waals surface area contributed by atoms with Gasteiger partial charge in [-0.25, -0.2) is 4.79 Å². The minimum absolute atomic E-state index is 0.357. The fraction of sp³-hybridized carbons (Fsp3) is 0.278. The van der Waals surface area contributed by atoms with Crippen molar-refractivity contribution in [3.8, 4) is 5.75 Å². The van der Waals surface area contributed by atoms with Crippen LogP contribution in [0.25, 0.3) is 0 Å². The van der Waals surface area contributed by atoms with E-state index >= 15 is 0 Å². The van der Waals surface area contributed by atoms with Gasteiger partial charge in [0.15, 0.2) is 6.10 Å². The summed E-state index contributed by atoms with van der Waals surface area (Å²) in [5, 5.41) is 10.4. The number of ether oxygens (including phenoxy) is 2. The second kappa shape index (κ2) is 6.20. The van der Waals surface area contributed by atoms with E-state index in [-0.39, 0.29) is 5.97 Å². The number of aliphatic hydroxyl groups excluding tert-OH is 1. The van der Waals surface area contributed by atoms with Crippen molar-refractivity contribution in [1.29, 1.82) is 0 Å². The summed E-state index contributed by atoms with van der Waals surface area (Å²) in [5.74, 6) is 0.451. The third-order valence-corrected chi connectivity index (χ3v) is 3.96. The summed E-state index contributed by atoms with van der Waals surface area (Å²) in [6, 6.07) is 14.9. The summed E-state index contributed by atoms with van der Waals surface area (Å²) in [5.41, 5.74) is 2.43. The van der Waals surface area contributed by atoms with Crippen LogP contribution in [-0.4, -0.2) is 24.3 Å². The highest BCUT2D eigenvalue weighted by Crippen LogP contribution is 2.34. The van der Waals surface area contributed by atoms with Gasteiger partial charge < -0.3 is 14.6 Å². The highest BCUT2D eigenvalue weighted by molar-refractivity contribution is 5.94. The summed E-state index contributed by atoms with van der Waals surface area (Å²) in [6.07, 6.45) is -0.0448. The van der Waals surface area contributed by atoms with E-state index in [0.717, 1.165) is 16.9 Å². The Bertz CT molecular complexity index is 663. The van der Waals surface area contributed by atoms with Crippen LogP contribution in [0.5, 0.6) is 5.75 Å². The van der Waals surface area contributed by atoms with Gasteiger partial charge in [0, 0.05) is 5.56 Å². The first-order valence-electron chi connectivity index (χ1n) is 7.30. The molecule has 0 amide bonds. The van der Waals surface area contributed by atoms with Crippen LogP contribution >= 0.6 is 0 Å². The molecule has 2 aromatic carbocycles. The monoisotopic (exact) mass is 298 g/mol. The highest BCUT2D eigenvalue weighted by Gasteiger charge is 2.35. The van der Waals surface area contributed by atoms with Gasteiger partial charge >= 0.3 is 5.97 Å². The van der Waals surface area contributed by atoms with Crippen LogP contribution in [0.2, 0.25) is 0 Å². The van der Waals surface area contributed by atoms with Gasteiger partial charge in [-0.05, 0) is 36.6 Å². The second-order valence-electron chi connectivity index (χ2n) is 5.37. The quantitative estimate of drug-likeness (QED) is 0.862. The van der Waals surface area contributed by atoms with Crippen LogP contribution in [-0.2, 0) is 11.2 Å². The fourth-order valence-corrected chi connectivity index (χ4v) is 2.72. The van der Waals surface area contributed by atoms with Gasteiger partial charge in [-0.15, -0.1) is 0 Å². The predicted octanol–water partition coefficient (Wildman–Crippen LogP) is 2.90. The van der Waals surface area contributed by atoms with Crippen LogP contribution in [0.3, 0.4) is 0 Å². The van der Waals surface area contributed by atoms with E-state index in [1.165, 1.54) is 0 Å². The lowest BCUT2D eigenvalue weighted by Gasteiger charge is -2.18. The zero-order chi connectivity index (χ0) is 15.5. The molecule has 0 fully saturated rings. The molecule has 0 spiro atoms. The van der Waals surface area contributed by atoms with Crippen molar-refractivity contribution in [2.24, 2.45) is 0 Å². The SMILES string of the molecule is COc1ccc(CCC(O)C2OC(=O)c3ccccc32)cc1. The smallest absolute Gasteiger partial charge is 0.339 e. The van der Waals surface area contributed by atoms with Gasteiger partial charge in [-0.3, -0.25) is 0 Å². The van der Waals surface area contributed by atoms with Crippen LogP contribution in [0.15, 0.2) is 48.5 Å². The number of aliphatic hydroxyl groups is 1. The molecule has 0 radical (unpaired) electrons. The maximum atomic E-state index is 11.8. The average Bonchev–Trinajstić information content (AvgIpc) is 2.91. The molecule has 1 aliphatic rings. The summed E-state index contributed by atoms with van der Waals surface area (Å²) < 4.78 is 10.4. The maximum Gasteiger partial charge on any atom is 0.339 e. The lowest BCUT2D eigenvalue weighted by Crippen LogP contribution is -2.19. The summed E-state index contributed by atoms with van der Waals surface area (Å²) in [4.78, 5) is 11.8. The predicted molar refractivity (Wildman–Crippen MR) is 81.9 cm³/mol. The number of rotatable bonds is 5. The molecule has 0 aromatic heterocycles. The van der Waals surface area contributed by atoms with E-state index in [4.69, 9.17) is 9.47 Å². The number of aryl methyl sites for hydroxylation is 1. The molecule has 1 aliphatic heterocycles. The fourth-order valence-electron chi connectivity index (χ4n) is 2.72. The average molecular weight is 298 g/mol. The Hall–Kier alpha value is -2.33. The first kappa shape index (κ1) is 14.6. The van der Waals surface area contributed by atoms with Crippen molar-refractivity contribution in [3.63, 3.8) is 0 Å². The first-order valence-corrected chi connectivity index (χ1v) is 7.30. The van der Waals surface area contributed by atoms with Crippen molar-refractivity contribution < 1.29 is 19.4 Å². The van der Waals surface area contributed by atoms with Crippen LogP contribution in [0.4, 0.5) is 0 Å². The Balaban J connectivity index is 1.65. The van der Waals surface area contributed by atoms with E-state index in [0.29, 0.717) is 18.4 Å². The van der Waals surface area contributed by atoms with Crippen molar-refractivity contribution in [2.45, 2.75) is 25.0 Å². The number of fused-ring (bicyclic) bond motifs is 1. The minimum atomic E-state index is -0.713. The van der Waals surface area contributed by atoms with Crippen LogP contribution in [0, 0.1) is 0 Å². The van der Waals surface area contributed by atoms with E-state index < -0.39 is 12.2 Å². The van der Waals surface area contributed by atoms with Crippen molar-refractivity contribution >= 4 is 5.97 Å². The van der Waals surface area contributed by atoms with Crippen LogP contribution < -0.4 is 4.74 Å². The largest absolute Gasteiger partial charge is 0.497 e. The van der Waals surface area contributed by atoms with Crippen molar-refractivity contribution in [2.75, 3.05) is 7.11 Å². The molecule has 0 bridgehead atoms. The molecule has 0 aliphatic carbocycles. The molecule has 2 atom stereocenters. The second-order valence-corrected chi connectivity index (χ2v) is 5.37. The molecule has 1 heterocycles. The number of carbonyl (C=O) groups excluding carboxylic acids is 1. The van der Waals surface area contributed by atoms with Crippen LogP contribution in [0.1, 0.15) is 34.0 Å². The molecule has 4 nitrogen and oxygen atoms in total. The number of cyclic esters (lactones) is 1. The van der Waals surface area contributed by atoms with E-state index in [1.54, 1.807) is 19.2 Å². The molecule has 4 heteroatoms. The molecule has 2 aromatic rings. The summed E-state index contributed by atoms with van der Waals surface area (Å²) in [7, 11) is 1.63. The standard InChI is InChI=1S/C18H18O4/c1-21-13-9-6-12(7-10-13)8-11-16(19)17-14-4-2-3-5-15(14)18(20)22-17/h2-7,9-10,16-17,19H,8,11H2,1H3. The third kappa shape index (κ3) is 2.83. The molecule has 114 valence electrons. The highest BCUT2D eigenvalue weighted by atomic mass is 16.6. The Kier molecular flexibility index (Phi) is 4.11. The minimum Gasteiger partial charge on any atom is -0.497 e. The lowest BCUT2D eigenvalue weighted by molar-refractivity contribution is -0.0118. The Morgan fingerprint density at radius 3 is 2.64 bits per heavy atom. The number of benzene rings is 2. The summed E-state index contributed by atoms with van der Waals surface area (Å²) in [6.45, 7) is 0.